The zero-order valence-corrected chi connectivity index (χ0v) is 8.49. The molecule has 0 aliphatic rings. The van der Waals surface area contributed by atoms with E-state index in [4.69, 9.17) is 11.5 Å². The molecule has 1 atom stereocenters. The quantitative estimate of drug-likeness (QED) is 0.840. The maximum absolute atomic E-state index is 5.83. The smallest absolute Gasteiger partial charge is 0.0402 e. The van der Waals surface area contributed by atoms with Gasteiger partial charge in [-0.1, -0.05) is 0 Å². The summed E-state index contributed by atoms with van der Waals surface area (Å²) in [6.45, 7) is 0.649. The highest BCUT2D eigenvalue weighted by Crippen LogP contribution is 2.25. The lowest BCUT2D eigenvalue weighted by Crippen LogP contribution is -2.13. The van der Waals surface area contributed by atoms with Crippen LogP contribution in [0.15, 0.2) is 15.9 Å². The SMILES string of the molecule is NCC[C@H](N)c1cc(Br)cs1. The van der Waals surface area contributed by atoms with E-state index in [1.807, 2.05) is 11.4 Å². The second kappa shape index (κ2) is 4.21. The molecule has 0 amide bonds. The first-order chi connectivity index (χ1) is 5.24. The van der Waals surface area contributed by atoms with Crippen LogP contribution in [0.4, 0.5) is 0 Å². The van der Waals surface area contributed by atoms with Gasteiger partial charge in [0.1, 0.15) is 0 Å². The van der Waals surface area contributed by atoms with Crippen LogP contribution in [0.1, 0.15) is 17.3 Å². The van der Waals surface area contributed by atoms with E-state index >= 15 is 0 Å². The Morgan fingerprint density at radius 1 is 1.64 bits per heavy atom. The minimum absolute atomic E-state index is 0.108. The van der Waals surface area contributed by atoms with Crippen molar-refractivity contribution in [1.29, 1.82) is 0 Å². The highest BCUT2D eigenvalue weighted by Gasteiger charge is 2.06. The van der Waals surface area contributed by atoms with Crippen LogP contribution in [0, 0.1) is 0 Å². The molecule has 1 heterocycles. The Balaban J connectivity index is 2.60. The van der Waals surface area contributed by atoms with Crippen molar-refractivity contribution in [1.82, 2.24) is 0 Å². The Morgan fingerprint density at radius 3 is 2.82 bits per heavy atom. The van der Waals surface area contributed by atoms with Crippen LogP contribution in [0.3, 0.4) is 0 Å². The largest absolute Gasteiger partial charge is 0.330 e. The normalized spacial score (nSPS) is 13.4. The van der Waals surface area contributed by atoms with Gasteiger partial charge in [-0.3, -0.25) is 0 Å². The fourth-order valence-corrected chi connectivity index (χ4v) is 2.33. The van der Waals surface area contributed by atoms with Crippen LogP contribution in [0.5, 0.6) is 0 Å². The van der Waals surface area contributed by atoms with E-state index in [1.165, 1.54) is 4.88 Å². The van der Waals surface area contributed by atoms with Crippen molar-refractivity contribution in [3.63, 3.8) is 0 Å². The van der Waals surface area contributed by atoms with E-state index in [9.17, 15) is 0 Å². The molecule has 0 fully saturated rings. The van der Waals surface area contributed by atoms with E-state index in [2.05, 4.69) is 15.9 Å². The lowest BCUT2D eigenvalue weighted by Gasteiger charge is -2.05. The van der Waals surface area contributed by atoms with E-state index in [0.29, 0.717) is 6.54 Å². The fourth-order valence-electron chi connectivity index (χ4n) is 0.845. The van der Waals surface area contributed by atoms with Gasteiger partial charge < -0.3 is 11.5 Å². The molecular formula is C7H11BrN2S. The third kappa shape index (κ3) is 2.56. The van der Waals surface area contributed by atoms with Crippen LogP contribution in [-0.4, -0.2) is 6.54 Å². The van der Waals surface area contributed by atoms with Crippen molar-refractivity contribution in [3.8, 4) is 0 Å². The van der Waals surface area contributed by atoms with Crippen molar-refractivity contribution in [3.05, 3.63) is 20.8 Å². The third-order valence-corrected chi connectivity index (χ3v) is 3.26. The molecule has 0 radical (unpaired) electrons. The van der Waals surface area contributed by atoms with Gasteiger partial charge in [0.2, 0.25) is 0 Å². The van der Waals surface area contributed by atoms with Crippen LogP contribution in [0.2, 0.25) is 0 Å². The summed E-state index contributed by atoms with van der Waals surface area (Å²) in [6, 6.07) is 2.15. The minimum Gasteiger partial charge on any atom is -0.330 e. The van der Waals surface area contributed by atoms with Gasteiger partial charge in [-0.2, -0.15) is 0 Å². The van der Waals surface area contributed by atoms with Crippen LogP contribution in [-0.2, 0) is 0 Å². The Hall–Kier alpha value is 0.1000. The second-order valence-electron chi connectivity index (χ2n) is 2.35. The maximum atomic E-state index is 5.83. The van der Waals surface area contributed by atoms with Gasteiger partial charge in [0.25, 0.3) is 0 Å². The summed E-state index contributed by atoms with van der Waals surface area (Å²) >= 11 is 5.05. The molecule has 0 aliphatic heterocycles. The number of hydrogen-bond acceptors (Lipinski definition) is 3. The molecule has 0 aliphatic carbocycles. The van der Waals surface area contributed by atoms with E-state index in [-0.39, 0.29) is 6.04 Å². The number of halogens is 1. The summed E-state index contributed by atoms with van der Waals surface area (Å²) in [5.41, 5.74) is 11.2. The van der Waals surface area contributed by atoms with Crippen molar-refractivity contribution in [2.45, 2.75) is 12.5 Å². The first-order valence-corrected chi connectivity index (χ1v) is 5.11. The standard InChI is InChI=1S/C7H11BrN2S/c8-5-3-7(11-4-5)6(10)1-2-9/h3-4,6H,1-2,9-10H2/t6-/m0/s1. The maximum Gasteiger partial charge on any atom is 0.0402 e. The van der Waals surface area contributed by atoms with Gasteiger partial charge in [0.05, 0.1) is 0 Å². The summed E-state index contributed by atoms with van der Waals surface area (Å²) in [4.78, 5) is 1.20. The Labute approximate surface area is 78.7 Å². The molecule has 4 N–H and O–H groups in total. The highest BCUT2D eigenvalue weighted by atomic mass is 79.9. The Bertz CT molecular complexity index is 224. The molecule has 0 saturated heterocycles. The van der Waals surface area contributed by atoms with Gasteiger partial charge in [-0.25, -0.2) is 0 Å². The monoisotopic (exact) mass is 234 g/mol. The molecule has 0 aromatic carbocycles. The van der Waals surface area contributed by atoms with Crippen LogP contribution >= 0.6 is 27.3 Å². The first kappa shape index (κ1) is 9.19. The fraction of sp³-hybridized carbons (Fsp3) is 0.429. The predicted molar refractivity (Wildman–Crippen MR) is 52.6 cm³/mol. The summed E-state index contributed by atoms with van der Waals surface area (Å²) in [6.07, 6.45) is 0.854. The summed E-state index contributed by atoms with van der Waals surface area (Å²) in [5, 5.41) is 2.03. The van der Waals surface area contributed by atoms with Crippen LogP contribution < -0.4 is 11.5 Å². The predicted octanol–water partition coefficient (Wildman–Crippen LogP) is 1.86. The van der Waals surface area contributed by atoms with Crippen LogP contribution in [0.25, 0.3) is 0 Å². The lowest BCUT2D eigenvalue weighted by atomic mass is 10.2. The number of rotatable bonds is 3. The third-order valence-electron chi connectivity index (χ3n) is 1.43. The zero-order valence-electron chi connectivity index (χ0n) is 6.09. The summed E-state index contributed by atoms with van der Waals surface area (Å²) in [5.74, 6) is 0. The van der Waals surface area contributed by atoms with Gasteiger partial charge >= 0.3 is 0 Å². The molecule has 0 saturated carbocycles. The molecule has 0 spiro atoms. The average molecular weight is 235 g/mol. The average Bonchev–Trinajstić information content (AvgIpc) is 2.36. The Morgan fingerprint density at radius 2 is 2.36 bits per heavy atom. The van der Waals surface area contributed by atoms with Gasteiger partial charge in [-0.05, 0) is 35.0 Å². The van der Waals surface area contributed by atoms with E-state index in [0.717, 1.165) is 10.9 Å². The van der Waals surface area contributed by atoms with E-state index < -0.39 is 0 Å². The van der Waals surface area contributed by atoms with Gasteiger partial charge in [0, 0.05) is 20.8 Å². The molecule has 11 heavy (non-hydrogen) atoms. The number of nitrogens with two attached hydrogens (primary N) is 2. The van der Waals surface area contributed by atoms with Crippen molar-refractivity contribution in [2.24, 2.45) is 11.5 Å². The molecule has 0 unspecified atom stereocenters. The minimum atomic E-state index is 0.108. The molecule has 0 bridgehead atoms. The summed E-state index contributed by atoms with van der Waals surface area (Å²) in [7, 11) is 0. The van der Waals surface area contributed by atoms with Gasteiger partial charge in [0.15, 0.2) is 0 Å². The van der Waals surface area contributed by atoms with E-state index in [1.54, 1.807) is 11.3 Å². The lowest BCUT2D eigenvalue weighted by molar-refractivity contribution is 0.672. The molecule has 1 aromatic heterocycles. The molecule has 4 heteroatoms. The number of hydrogen-bond donors (Lipinski definition) is 2. The molecule has 1 aromatic rings. The first-order valence-electron chi connectivity index (χ1n) is 3.43. The van der Waals surface area contributed by atoms with Gasteiger partial charge in [-0.15, -0.1) is 11.3 Å². The zero-order chi connectivity index (χ0) is 8.27. The van der Waals surface area contributed by atoms with Crippen molar-refractivity contribution in [2.75, 3.05) is 6.54 Å². The molecule has 1 rings (SSSR count). The van der Waals surface area contributed by atoms with Crippen molar-refractivity contribution >= 4 is 27.3 Å². The Kier molecular flexibility index (Phi) is 3.51. The summed E-state index contributed by atoms with van der Waals surface area (Å²) < 4.78 is 1.10. The highest BCUT2D eigenvalue weighted by molar-refractivity contribution is 9.10. The molecule has 62 valence electrons. The molecule has 2 nitrogen and oxygen atoms in total. The van der Waals surface area contributed by atoms with Crippen molar-refractivity contribution < 1.29 is 0 Å². The topological polar surface area (TPSA) is 52.0 Å². The second-order valence-corrected chi connectivity index (χ2v) is 4.21. The number of thiophene rings is 1. The molecular weight excluding hydrogens is 224 g/mol.